The molecule has 0 saturated heterocycles. The fraction of sp³-hybridized carbons (Fsp3) is 0.0714. The number of primary sulfonamides is 1. The molecule has 3 N–H and O–H groups in total. The maximum atomic E-state index is 12.2. The zero-order valence-electron chi connectivity index (χ0n) is 11.8. The van der Waals surface area contributed by atoms with Gasteiger partial charge in [-0.2, -0.15) is 0 Å². The number of nitrogens with two attached hydrogens (primary N) is 1. The molecule has 0 heterocycles. The molecule has 0 spiro atoms. The molecule has 23 heavy (non-hydrogen) atoms. The van der Waals surface area contributed by atoms with Gasteiger partial charge in [-0.15, -0.1) is 0 Å². The summed E-state index contributed by atoms with van der Waals surface area (Å²) in [7, 11) is -2.73. The number of sulfonamides is 1. The van der Waals surface area contributed by atoms with Crippen LogP contribution >= 0.6 is 23.2 Å². The lowest BCUT2D eigenvalue weighted by Crippen LogP contribution is -2.16. The molecule has 0 fully saturated rings. The van der Waals surface area contributed by atoms with Crippen LogP contribution < -0.4 is 15.2 Å². The third kappa shape index (κ3) is 4.35. The van der Waals surface area contributed by atoms with Crippen molar-refractivity contribution in [3.63, 3.8) is 0 Å². The molecule has 0 atom stereocenters. The van der Waals surface area contributed by atoms with Crippen molar-refractivity contribution in [3.05, 3.63) is 52.0 Å². The maximum Gasteiger partial charge on any atom is 0.255 e. The van der Waals surface area contributed by atoms with Gasteiger partial charge in [-0.25, -0.2) is 13.6 Å². The fourth-order valence-electron chi connectivity index (χ4n) is 1.87. The minimum atomic E-state index is -4.04. The lowest BCUT2D eigenvalue weighted by atomic mass is 10.2. The zero-order valence-corrected chi connectivity index (χ0v) is 14.2. The molecule has 0 bridgehead atoms. The molecule has 0 radical (unpaired) electrons. The van der Waals surface area contributed by atoms with Gasteiger partial charge in [0, 0.05) is 21.3 Å². The van der Waals surface area contributed by atoms with E-state index in [1.807, 2.05) is 0 Å². The van der Waals surface area contributed by atoms with Gasteiger partial charge in [-0.1, -0.05) is 23.2 Å². The van der Waals surface area contributed by atoms with E-state index in [0.717, 1.165) is 6.07 Å². The van der Waals surface area contributed by atoms with E-state index >= 15 is 0 Å². The van der Waals surface area contributed by atoms with Gasteiger partial charge >= 0.3 is 0 Å². The SMILES string of the molecule is COc1ccc(C(=O)Nc2cc(Cl)cc(Cl)c2)cc1S(N)(=O)=O. The monoisotopic (exact) mass is 374 g/mol. The second-order valence-electron chi connectivity index (χ2n) is 4.52. The van der Waals surface area contributed by atoms with Crippen molar-refractivity contribution < 1.29 is 17.9 Å². The standard InChI is InChI=1S/C14H12Cl2N2O4S/c1-22-12-3-2-8(4-13(12)23(17,20)21)14(19)18-11-6-9(15)5-10(16)7-11/h2-7H,1H3,(H,18,19)(H2,17,20,21). The summed E-state index contributed by atoms with van der Waals surface area (Å²) in [6.07, 6.45) is 0. The van der Waals surface area contributed by atoms with E-state index in [-0.39, 0.29) is 16.2 Å². The first-order valence-electron chi connectivity index (χ1n) is 6.19. The molecule has 0 aromatic heterocycles. The van der Waals surface area contributed by atoms with Crippen molar-refractivity contribution in [2.24, 2.45) is 5.14 Å². The van der Waals surface area contributed by atoms with Gasteiger partial charge in [-0.3, -0.25) is 4.79 Å². The van der Waals surface area contributed by atoms with Gasteiger partial charge in [-0.05, 0) is 36.4 Å². The highest BCUT2D eigenvalue weighted by atomic mass is 35.5. The minimum absolute atomic E-state index is 0.0508. The Balaban J connectivity index is 2.36. The number of rotatable bonds is 4. The van der Waals surface area contributed by atoms with E-state index in [2.05, 4.69) is 5.32 Å². The molecule has 122 valence electrons. The number of anilines is 1. The smallest absolute Gasteiger partial charge is 0.255 e. The summed E-state index contributed by atoms with van der Waals surface area (Å²) in [6.45, 7) is 0. The number of ether oxygens (including phenoxy) is 1. The van der Waals surface area contributed by atoms with E-state index in [1.54, 1.807) is 0 Å². The van der Waals surface area contributed by atoms with Gasteiger partial charge in [0.1, 0.15) is 10.6 Å². The van der Waals surface area contributed by atoms with Gasteiger partial charge in [0.15, 0.2) is 0 Å². The largest absolute Gasteiger partial charge is 0.495 e. The summed E-state index contributed by atoms with van der Waals surface area (Å²) in [5.74, 6) is -0.495. The molecular formula is C14H12Cl2N2O4S. The summed E-state index contributed by atoms with van der Waals surface area (Å²) < 4.78 is 28.1. The van der Waals surface area contributed by atoms with Crippen molar-refractivity contribution in [3.8, 4) is 5.75 Å². The topological polar surface area (TPSA) is 98.5 Å². The first-order chi connectivity index (χ1) is 10.7. The summed E-state index contributed by atoms with van der Waals surface area (Å²) in [4.78, 5) is 12.0. The van der Waals surface area contributed by atoms with Crippen LogP contribution in [0.3, 0.4) is 0 Å². The average molecular weight is 375 g/mol. The van der Waals surface area contributed by atoms with Crippen LogP contribution in [0.4, 0.5) is 5.69 Å². The van der Waals surface area contributed by atoms with Crippen molar-refractivity contribution >= 4 is 44.8 Å². The van der Waals surface area contributed by atoms with Gasteiger partial charge < -0.3 is 10.1 Å². The molecular weight excluding hydrogens is 363 g/mol. The first kappa shape index (κ1) is 17.6. The number of nitrogens with one attached hydrogen (secondary N) is 1. The second-order valence-corrected chi connectivity index (χ2v) is 6.93. The Morgan fingerprint density at radius 1 is 1.13 bits per heavy atom. The Bertz CT molecular complexity index is 849. The van der Waals surface area contributed by atoms with Crippen molar-refractivity contribution in [2.45, 2.75) is 4.90 Å². The highest BCUT2D eigenvalue weighted by Gasteiger charge is 2.18. The Labute approximate surface area is 143 Å². The second kappa shape index (κ2) is 6.76. The summed E-state index contributed by atoms with van der Waals surface area (Å²) in [5, 5.41) is 8.40. The maximum absolute atomic E-state index is 12.2. The molecule has 9 heteroatoms. The van der Waals surface area contributed by atoms with Crippen LogP contribution in [-0.2, 0) is 10.0 Å². The quantitative estimate of drug-likeness (QED) is 0.859. The zero-order chi connectivity index (χ0) is 17.2. The highest BCUT2D eigenvalue weighted by Crippen LogP contribution is 2.26. The van der Waals surface area contributed by atoms with Crippen LogP contribution in [0.5, 0.6) is 5.75 Å². The minimum Gasteiger partial charge on any atom is -0.495 e. The van der Waals surface area contributed by atoms with Crippen LogP contribution in [0.15, 0.2) is 41.3 Å². The Morgan fingerprint density at radius 3 is 2.26 bits per heavy atom. The molecule has 6 nitrogen and oxygen atoms in total. The molecule has 2 rings (SSSR count). The first-order valence-corrected chi connectivity index (χ1v) is 8.49. The van der Waals surface area contributed by atoms with E-state index in [0.29, 0.717) is 15.7 Å². The molecule has 0 aliphatic heterocycles. The predicted octanol–water partition coefficient (Wildman–Crippen LogP) is 2.90. The molecule has 1 amide bonds. The normalized spacial score (nSPS) is 11.1. The fourth-order valence-corrected chi connectivity index (χ4v) is 3.12. The predicted molar refractivity (Wildman–Crippen MR) is 88.8 cm³/mol. The van der Waals surface area contributed by atoms with Gasteiger partial charge in [0.25, 0.3) is 5.91 Å². The third-order valence-corrected chi connectivity index (χ3v) is 4.22. The third-order valence-electron chi connectivity index (χ3n) is 2.85. The lowest BCUT2D eigenvalue weighted by Gasteiger charge is -2.10. The number of halogens is 2. The summed E-state index contributed by atoms with van der Waals surface area (Å²) in [6, 6.07) is 8.43. The van der Waals surface area contributed by atoms with E-state index in [1.165, 1.54) is 37.4 Å². The van der Waals surface area contributed by atoms with E-state index < -0.39 is 15.9 Å². The number of benzene rings is 2. The molecule has 0 saturated carbocycles. The highest BCUT2D eigenvalue weighted by molar-refractivity contribution is 7.89. The number of amides is 1. The summed E-state index contributed by atoms with van der Waals surface area (Å²) in [5.41, 5.74) is 0.464. The van der Waals surface area contributed by atoms with Gasteiger partial charge in [0.05, 0.1) is 7.11 Å². The Kier molecular flexibility index (Phi) is 5.16. The van der Waals surface area contributed by atoms with Crippen LogP contribution in [0, 0.1) is 0 Å². The Hall–Kier alpha value is -1.80. The average Bonchev–Trinajstić information content (AvgIpc) is 2.44. The van der Waals surface area contributed by atoms with Crippen LogP contribution in [0.1, 0.15) is 10.4 Å². The van der Waals surface area contributed by atoms with Crippen LogP contribution in [0.2, 0.25) is 10.0 Å². The number of hydrogen-bond acceptors (Lipinski definition) is 4. The van der Waals surface area contributed by atoms with E-state index in [4.69, 9.17) is 33.1 Å². The van der Waals surface area contributed by atoms with Crippen molar-refractivity contribution in [1.29, 1.82) is 0 Å². The summed E-state index contributed by atoms with van der Waals surface area (Å²) >= 11 is 11.7. The van der Waals surface area contributed by atoms with E-state index in [9.17, 15) is 13.2 Å². The Morgan fingerprint density at radius 2 is 1.74 bits per heavy atom. The number of carbonyl (C=O) groups is 1. The molecule has 2 aromatic carbocycles. The number of methoxy groups -OCH3 is 1. The van der Waals surface area contributed by atoms with Crippen molar-refractivity contribution in [1.82, 2.24) is 0 Å². The van der Waals surface area contributed by atoms with Crippen LogP contribution in [0.25, 0.3) is 0 Å². The number of hydrogen-bond donors (Lipinski definition) is 2. The lowest BCUT2D eigenvalue weighted by molar-refractivity contribution is 0.102. The molecule has 0 aliphatic carbocycles. The molecule has 0 aliphatic rings. The van der Waals surface area contributed by atoms with Crippen LogP contribution in [-0.4, -0.2) is 21.4 Å². The van der Waals surface area contributed by atoms with Crippen molar-refractivity contribution in [2.75, 3.05) is 12.4 Å². The van der Waals surface area contributed by atoms with Gasteiger partial charge in [0.2, 0.25) is 10.0 Å². The molecule has 0 unspecified atom stereocenters. The molecule has 2 aromatic rings. The number of carbonyl (C=O) groups excluding carboxylic acids is 1.